The second kappa shape index (κ2) is 7.26. The summed E-state index contributed by atoms with van der Waals surface area (Å²) in [7, 11) is 0. The van der Waals surface area contributed by atoms with Gasteiger partial charge in [0.05, 0.1) is 24.4 Å². The number of benzene rings is 1. The van der Waals surface area contributed by atoms with E-state index in [9.17, 15) is 4.79 Å². The van der Waals surface area contributed by atoms with Crippen molar-refractivity contribution in [2.24, 2.45) is 11.8 Å². The van der Waals surface area contributed by atoms with Gasteiger partial charge in [0.1, 0.15) is 5.75 Å². The van der Waals surface area contributed by atoms with Crippen LogP contribution in [0.4, 0.5) is 0 Å². The number of fused-ring (bicyclic) bond motifs is 1. The molecule has 0 spiro atoms. The molecule has 4 nitrogen and oxygen atoms in total. The maximum Gasteiger partial charge on any atom is 0.254 e. The summed E-state index contributed by atoms with van der Waals surface area (Å²) in [4.78, 5) is 16.4. The normalized spacial score (nSPS) is 14.4. The van der Waals surface area contributed by atoms with Crippen molar-refractivity contribution < 1.29 is 9.53 Å². The molecule has 132 valence electrons. The van der Waals surface area contributed by atoms with Gasteiger partial charge in [-0.15, -0.1) is 0 Å². The number of ether oxygens (including phenoxy) is 1. The summed E-state index contributed by atoms with van der Waals surface area (Å²) in [5.41, 5.74) is 4.56. The molecule has 3 rings (SSSR count). The lowest BCUT2D eigenvalue weighted by atomic mass is 9.98. The molecule has 1 amide bonds. The van der Waals surface area contributed by atoms with E-state index in [1.807, 2.05) is 25.1 Å². The maximum absolute atomic E-state index is 12.1. The Balaban J connectivity index is 1.79. The van der Waals surface area contributed by atoms with Crippen LogP contribution in [0.5, 0.6) is 5.75 Å². The number of aryl methyl sites for hydroxylation is 1. The Hall–Kier alpha value is -2.36. The molecule has 0 bridgehead atoms. The van der Waals surface area contributed by atoms with Crippen LogP contribution < -0.4 is 10.1 Å². The van der Waals surface area contributed by atoms with Crippen molar-refractivity contribution in [1.82, 2.24) is 10.3 Å². The van der Waals surface area contributed by atoms with Gasteiger partial charge >= 0.3 is 0 Å². The fraction of sp³-hybridized carbons (Fsp3) is 0.429. The van der Waals surface area contributed by atoms with E-state index >= 15 is 0 Å². The SMILES string of the molecule is Cc1cc(-c2ccnc3c2C(=O)NC3)ccc1OC[C@H](C)CC(C)C. The van der Waals surface area contributed by atoms with E-state index in [1.165, 1.54) is 0 Å². The topological polar surface area (TPSA) is 51.2 Å². The lowest BCUT2D eigenvalue weighted by molar-refractivity contribution is 0.0966. The predicted molar refractivity (Wildman–Crippen MR) is 99.7 cm³/mol. The van der Waals surface area contributed by atoms with Gasteiger partial charge < -0.3 is 10.1 Å². The highest BCUT2D eigenvalue weighted by molar-refractivity contribution is 6.04. The van der Waals surface area contributed by atoms with Gasteiger partial charge in [-0.25, -0.2) is 0 Å². The molecule has 0 fully saturated rings. The summed E-state index contributed by atoms with van der Waals surface area (Å²) >= 11 is 0. The molecule has 4 heteroatoms. The third-order valence-electron chi connectivity index (χ3n) is 4.56. The third kappa shape index (κ3) is 3.84. The zero-order valence-corrected chi connectivity index (χ0v) is 15.4. The molecule has 1 atom stereocenters. The number of amides is 1. The minimum Gasteiger partial charge on any atom is -0.493 e. The molecule has 1 N–H and O–H groups in total. The Labute approximate surface area is 149 Å². The summed E-state index contributed by atoms with van der Waals surface area (Å²) in [5, 5.41) is 2.84. The van der Waals surface area contributed by atoms with Crippen molar-refractivity contribution in [1.29, 1.82) is 0 Å². The smallest absolute Gasteiger partial charge is 0.254 e. The monoisotopic (exact) mass is 338 g/mol. The lowest BCUT2D eigenvalue weighted by Crippen LogP contribution is -2.13. The van der Waals surface area contributed by atoms with E-state index in [0.29, 0.717) is 23.9 Å². The molecule has 1 aromatic carbocycles. The average molecular weight is 338 g/mol. The summed E-state index contributed by atoms with van der Waals surface area (Å²) in [6.45, 7) is 9.98. The third-order valence-corrected chi connectivity index (χ3v) is 4.56. The number of rotatable bonds is 6. The van der Waals surface area contributed by atoms with Gasteiger partial charge in [-0.3, -0.25) is 9.78 Å². The Kier molecular flexibility index (Phi) is 5.07. The van der Waals surface area contributed by atoms with Crippen LogP contribution in [0, 0.1) is 18.8 Å². The predicted octanol–water partition coefficient (Wildman–Crippen LogP) is 4.36. The quantitative estimate of drug-likeness (QED) is 0.851. The first kappa shape index (κ1) is 17.5. The second-order valence-electron chi connectivity index (χ2n) is 7.39. The van der Waals surface area contributed by atoms with Crippen LogP contribution in [-0.2, 0) is 6.54 Å². The number of carbonyl (C=O) groups is 1. The molecule has 0 radical (unpaired) electrons. The van der Waals surface area contributed by atoms with Crippen molar-refractivity contribution in [2.75, 3.05) is 6.61 Å². The Morgan fingerprint density at radius 3 is 2.76 bits per heavy atom. The molecular formula is C21H26N2O2. The first-order valence-electron chi connectivity index (χ1n) is 8.95. The Morgan fingerprint density at radius 2 is 2.04 bits per heavy atom. The molecule has 1 aliphatic rings. The van der Waals surface area contributed by atoms with Crippen molar-refractivity contribution in [3.63, 3.8) is 0 Å². The number of nitrogens with zero attached hydrogens (tertiary/aromatic N) is 1. The van der Waals surface area contributed by atoms with E-state index in [1.54, 1.807) is 6.20 Å². The summed E-state index contributed by atoms with van der Waals surface area (Å²) < 4.78 is 6.01. The molecule has 2 heterocycles. The second-order valence-corrected chi connectivity index (χ2v) is 7.39. The molecule has 2 aromatic rings. The highest BCUT2D eigenvalue weighted by Gasteiger charge is 2.24. The van der Waals surface area contributed by atoms with E-state index in [0.717, 1.165) is 41.2 Å². The summed E-state index contributed by atoms with van der Waals surface area (Å²) in [6, 6.07) is 8.02. The summed E-state index contributed by atoms with van der Waals surface area (Å²) in [5.74, 6) is 2.08. The Morgan fingerprint density at radius 1 is 1.24 bits per heavy atom. The van der Waals surface area contributed by atoms with Crippen LogP contribution >= 0.6 is 0 Å². The minimum atomic E-state index is -0.0430. The largest absolute Gasteiger partial charge is 0.493 e. The van der Waals surface area contributed by atoms with E-state index in [4.69, 9.17) is 4.74 Å². The van der Waals surface area contributed by atoms with Crippen LogP contribution in [0.3, 0.4) is 0 Å². The number of pyridine rings is 1. The number of carbonyl (C=O) groups excluding carboxylic acids is 1. The van der Waals surface area contributed by atoms with Crippen LogP contribution in [0.15, 0.2) is 30.5 Å². The van der Waals surface area contributed by atoms with Crippen molar-refractivity contribution in [3.05, 3.63) is 47.3 Å². The molecule has 1 aromatic heterocycles. The molecule has 0 aliphatic carbocycles. The van der Waals surface area contributed by atoms with E-state index in [-0.39, 0.29) is 5.91 Å². The molecule has 25 heavy (non-hydrogen) atoms. The van der Waals surface area contributed by atoms with Crippen LogP contribution in [0.1, 0.15) is 48.8 Å². The van der Waals surface area contributed by atoms with E-state index in [2.05, 4.69) is 37.1 Å². The van der Waals surface area contributed by atoms with Gasteiger partial charge in [0.2, 0.25) is 0 Å². The van der Waals surface area contributed by atoms with Gasteiger partial charge in [0.15, 0.2) is 0 Å². The Bertz CT molecular complexity index is 783. The van der Waals surface area contributed by atoms with Crippen LogP contribution in [0.2, 0.25) is 0 Å². The van der Waals surface area contributed by atoms with Crippen molar-refractivity contribution in [3.8, 4) is 16.9 Å². The van der Waals surface area contributed by atoms with Crippen molar-refractivity contribution >= 4 is 5.91 Å². The number of hydrogen-bond acceptors (Lipinski definition) is 3. The number of nitrogens with one attached hydrogen (secondary N) is 1. The first-order chi connectivity index (χ1) is 12.0. The fourth-order valence-corrected chi connectivity index (χ4v) is 3.47. The van der Waals surface area contributed by atoms with Crippen LogP contribution in [0.25, 0.3) is 11.1 Å². The van der Waals surface area contributed by atoms with E-state index < -0.39 is 0 Å². The molecule has 0 unspecified atom stereocenters. The number of aromatic nitrogens is 1. The van der Waals surface area contributed by atoms with Gasteiger partial charge in [-0.05, 0) is 60.1 Å². The fourth-order valence-electron chi connectivity index (χ4n) is 3.47. The molecular weight excluding hydrogens is 312 g/mol. The zero-order valence-electron chi connectivity index (χ0n) is 15.4. The standard InChI is InChI=1S/C21H26N2O2/c1-13(2)9-14(3)12-25-19-6-5-16(10-15(19)4)17-7-8-22-18-11-23-21(24)20(17)18/h5-8,10,13-14H,9,11-12H2,1-4H3,(H,23,24)/t14-/m1/s1. The van der Waals surface area contributed by atoms with Gasteiger partial charge in [0, 0.05) is 6.20 Å². The molecule has 0 saturated carbocycles. The molecule has 1 aliphatic heterocycles. The summed E-state index contributed by atoms with van der Waals surface area (Å²) in [6.07, 6.45) is 2.93. The maximum atomic E-state index is 12.1. The number of hydrogen-bond donors (Lipinski definition) is 1. The average Bonchev–Trinajstić information content (AvgIpc) is 2.94. The minimum absolute atomic E-state index is 0.0430. The van der Waals surface area contributed by atoms with Gasteiger partial charge in [-0.2, -0.15) is 0 Å². The lowest BCUT2D eigenvalue weighted by Gasteiger charge is -2.17. The highest BCUT2D eigenvalue weighted by atomic mass is 16.5. The van der Waals surface area contributed by atoms with Crippen molar-refractivity contribution in [2.45, 2.75) is 40.7 Å². The van der Waals surface area contributed by atoms with Gasteiger partial charge in [-0.1, -0.05) is 26.8 Å². The first-order valence-corrected chi connectivity index (χ1v) is 8.95. The van der Waals surface area contributed by atoms with Gasteiger partial charge in [0.25, 0.3) is 5.91 Å². The van der Waals surface area contributed by atoms with Crippen LogP contribution in [-0.4, -0.2) is 17.5 Å². The highest BCUT2D eigenvalue weighted by Crippen LogP contribution is 2.31. The zero-order chi connectivity index (χ0) is 18.0. The molecule has 0 saturated heterocycles.